The van der Waals surface area contributed by atoms with Gasteiger partial charge in [-0.05, 0) is 40.5 Å². The molecular formula is C14H31NO3Si. The van der Waals surface area contributed by atoms with Crippen LogP contribution < -0.4 is 0 Å². The molecule has 0 amide bonds. The van der Waals surface area contributed by atoms with Gasteiger partial charge in [0.15, 0.2) is 0 Å². The van der Waals surface area contributed by atoms with E-state index in [-0.39, 0.29) is 0 Å². The van der Waals surface area contributed by atoms with Crippen LogP contribution in [0.25, 0.3) is 0 Å². The average molecular weight is 289 g/mol. The Balaban J connectivity index is 4.27. The predicted octanol–water partition coefficient (Wildman–Crippen LogP) is 3.69. The Morgan fingerprint density at radius 2 is 1.47 bits per heavy atom. The van der Waals surface area contributed by atoms with Crippen molar-refractivity contribution >= 4 is 14.5 Å². The molecule has 0 aliphatic rings. The van der Waals surface area contributed by atoms with Gasteiger partial charge in [-0.2, -0.15) is 0 Å². The second kappa shape index (κ2) is 11.6. The molecule has 0 radical (unpaired) electrons. The first kappa shape index (κ1) is 18.8. The van der Waals surface area contributed by atoms with Crippen LogP contribution in [0.5, 0.6) is 0 Å². The van der Waals surface area contributed by atoms with E-state index in [2.05, 4.69) is 18.8 Å². The molecule has 4 nitrogen and oxygen atoms in total. The van der Waals surface area contributed by atoms with Gasteiger partial charge in [0.2, 0.25) is 0 Å². The molecule has 0 N–H and O–H groups in total. The lowest BCUT2D eigenvalue weighted by Crippen LogP contribution is -2.46. The van der Waals surface area contributed by atoms with E-state index < -0.39 is 8.80 Å². The van der Waals surface area contributed by atoms with Gasteiger partial charge in [0, 0.05) is 38.1 Å². The highest BCUT2D eigenvalue weighted by molar-refractivity contribution is 6.60. The molecule has 0 aliphatic heterocycles. The quantitative estimate of drug-likeness (QED) is 0.312. The molecule has 0 aromatic carbocycles. The van der Waals surface area contributed by atoms with Crippen molar-refractivity contribution in [3.05, 3.63) is 0 Å². The van der Waals surface area contributed by atoms with Crippen molar-refractivity contribution < 1.29 is 13.3 Å². The Bertz CT molecular complexity index is 230. The maximum atomic E-state index is 5.81. The van der Waals surface area contributed by atoms with Crippen LogP contribution in [-0.2, 0) is 13.3 Å². The van der Waals surface area contributed by atoms with E-state index in [9.17, 15) is 0 Å². The van der Waals surface area contributed by atoms with E-state index in [1.165, 1.54) is 5.71 Å². The van der Waals surface area contributed by atoms with Crippen molar-refractivity contribution in [1.82, 2.24) is 0 Å². The molecule has 0 spiro atoms. The molecule has 0 saturated heterocycles. The van der Waals surface area contributed by atoms with Crippen LogP contribution in [0.15, 0.2) is 4.99 Å². The largest absolute Gasteiger partial charge is 0.500 e. The van der Waals surface area contributed by atoms with Gasteiger partial charge in [0.05, 0.1) is 0 Å². The molecule has 0 heterocycles. The number of nitrogens with zero attached hydrogens (tertiary/aromatic N) is 1. The normalized spacial score (nSPS) is 13.0. The lowest BCUT2D eigenvalue weighted by atomic mass is 10.2. The molecule has 0 saturated carbocycles. The number of hydrogen-bond acceptors (Lipinski definition) is 4. The zero-order valence-corrected chi connectivity index (χ0v) is 14.3. The monoisotopic (exact) mass is 289 g/mol. The third-order valence-corrected chi connectivity index (χ3v) is 5.88. The molecule has 0 fully saturated rings. The second-order valence-corrected chi connectivity index (χ2v) is 7.18. The summed E-state index contributed by atoms with van der Waals surface area (Å²) in [7, 11) is -2.46. The van der Waals surface area contributed by atoms with Crippen molar-refractivity contribution in [2.45, 2.75) is 59.9 Å². The lowest BCUT2D eigenvalue weighted by Gasteiger charge is -2.28. The fourth-order valence-electron chi connectivity index (χ4n) is 2.01. The minimum atomic E-state index is -2.46. The molecule has 0 bridgehead atoms. The van der Waals surface area contributed by atoms with Crippen LogP contribution in [0.2, 0.25) is 6.04 Å². The molecule has 0 rings (SSSR count). The zero-order valence-electron chi connectivity index (χ0n) is 13.3. The van der Waals surface area contributed by atoms with E-state index in [1.54, 1.807) is 0 Å². The smallest absolute Gasteiger partial charge is 0.374 e. The van der Waals surface area contributed by atoms with Crippen molar-refractivity contribution in [2.24, 2.45) is 4.99 Å². The van der Waals surface area contributed by atoms with Crippen molar-refractivity contribution in [3.63, 3.8) is 0 Å². The molecule has 0 aromatic rings. The Hall–Kier alpha value is -0.233. The first-order valence-electron chi connectivity index (χ1n) is 7.55. The van der Waals surface area contributed by atoms with Gasteiger partial charge in [0.25, 0.3) is 0 Å². The maximum Gasteiger partial charge on any atom is 0.500 e. The van der Waals surface area contributed by atoms with Crippen LogP contribution in [0.4, 0.5) is 0 Å². The van der Waals surface area contributed by atoms with E-state index in [0.29, 0.717) is 19.8 Å². The minimum absolute atomic E-state index is 0.643. The average Bonchev–Trinajstić information content (AvgIpc) is 2.36. The first-order valence-corrected chi connectivity index (χ1v) is 9.49. The highest BCUT2D eigenvalue weighted by Gasteiger charge is 2.39. The van der Waals surface area contributed by atoms with E-state index >= 15 is 0 Å². The van der Waals surface area contributed by atoms with Crippen LogP contribution in [0, 0.1) is 0 Å². The summed E-state index contributed by atoms with van der Waals surface area (Å²) >= 11 is 0. The lowest BCUT2D eigenvalue weighted by molar-refractivity contribution is 0.0710. The third kappa shape index (κ3) is 8.52. The number of aliphatic imine (C=N–C) groups is 1. The highest BCUT2D eigenvalue weighted by Crippen LogP contribution is 2.18. The minimum Gasteiger partial charge on any atom is -0.374 e. The van der Waals surface area contributed by atoms with Crippen LogP contribution in [-0.4, -0.2) is 40.9 Å². The molecule has 0 atom stereocenters. The molecule has 0 unspecified atom stereocenters. The van der Waals surface area contributed by atoms with Gasteiger partial charge < -0.3 is 13.3 Å². The standard InChI is InChI=1S/C14H31NO3Si/c1-6-11-14(5)15-12-10-13-19(16-7-2,17-8-3)18-9-4/h6-13H2,1-5H3. The molecule has 19 heavy (non-hydrogen) atoms. The molecule has 114 valence electrons. The van der Waals surface area contributed by atoms with E-state index in [0.717, 1.165) is 31.9 Å². The second-order valence-electron chi connectivity index (χ2n) is 4.45. The van der Waals surface area contributed by atoms with Crippen LogP contribution >= 0.6 is 0 Å². The molecule has 5 heteroatoms. The van der Waals surface area contributed by atoms with Gasteiger partial charge in [-0.15, -0.1) is 0 Å². The number of rotatable bonds is 12. The Morgan fingerprint density at radius 3 is 1.89 bits per heavy atom. The van der Waals surface area contributed by atoms with Crippen molar-refractivity contribution in [1.29, 1.82) is 0 Å². The fraction of sp³-hybridized carbons (Fsp3) is 0.929. The van der Waals surface area contributed by atoms with Crippen molar-refractivity contribution in [2.75, 3.05) is 26.4 Å². The third-order valence-electron chi connectivity index (χ3n) is 2.73. The first-order chi connectivity index (χ1) is 9.14. The van der Waals surface area contributed by atoms with Gasteiger partial charge in [-0.1, -0.05) is 13.3 Å². The summed E-state index contributed by atoms with van der Waals surface area (Å²) in [5.74, 6) is 0. The fourth-order valence-corrected chi connectivity index (χ4v) is 4.60. The summed E-state index contributed by atoms with van der Waals surface area (Å²) in [6.45, 7) is 13.0. The summed E-state index contributed by atoms with van der Waals surface area (Å²) in [6.07, 6.45) is 3.21. The topological polar surface area (TPSA) is 40.0 Å². The molecule has 0 aliphatic carbocycles. The van der Waals surface area contributed by atoms with Gasteiger partial charge in [0.1, 0.15) is 0 Å². The van der Waals surface area contributed by atoms with Gasteiger partial charge >= 0.3 is 8.80 Å². The van der Waals surface area contributed by atoms with Gasteiger partial charge in [-0.3, -0.25) is 4.99 Å². The van der Waals surface area contributed by atoms with Crippen molar-refractivity contribution in [3.8, 4) is 0 Å². The highest BCUT2D eigenvalue weighted by atomic mass is 28.4. The predicted molar refractivity (Wildman–Crippen MR) is 82.9 cm³/mol. The summed E-state index contributed by atoms with van der Waals surface area (Å²) < 4.78 is 17.4. The van der Waals surface area contributed by atoms with E-state index in [4.69, 9.17) is 13.3 Å². The van der Waals surface area contributed by atoms with Crippen LogP contribution in [0.3, 0.4) is 0 Å². The number of hydrogen-bond donors (Lipinski definition) is 0. The summed E-state index contributed by atoms with van der Waals surface area (Å²) in [5, 5.41) is 0. The molecular weight excluding hydrogens is 258 g/mol. The summed E-state index contributed by atoms with van der Waals surface area (Å²) in [6, 6.07) is 0.853. The maximum absolute atomic E-state index is 5.81. The zero-order chi connectivity index (χ0) is 14.6. The van der Waals surface area contributed by atoms with Gasteiger partial charge in [-0.25, -0.2) is 0 Å². The summed E-state index contributed by atoms with van der Waals surface area (Å²) in [4.78, 5) is 4.57. The Labute approximate surface area is 119 Å². The van der Waals surface area contributed by atoms with Crippen LogP contribution in [0.1, 0.15) is 53.9 Å². The Morgan fingerprint density at radius 1 is 0.947 bits per heavy atom. The SMILES string of the molecule is CCCC(C)=NCCC[Si](OCC)(OCC)OCC. The Kier molecular flexibility index (Phi) is 11.4. The molecule has 0 aromatic heterocycles. The summed E-state index contributed by atoms with van der Waals surface area (Å²) in [5.41, 5.74) is 1.24. The van der Waals surface area contributed by atoms with E-state index in [1.807, 2.05) is 20.8 Å².